The van der Waals surface area contributed by atoms with Gasteiger partial charge in [-0.1, -0.05) is 53.5 Å². The fraction of sp³-hybridized carbons (Fsp3) is 0.367. The number of amides is 1. The third-order valence-corrected chi connectivity index (χ3v) is 9.02. The Morgan fingerprint density at radius 2 is 1.85 bits per heavy atom. The van der Waals surface area contributed by atoms with Crippen molar-refractivity contribution in [1.29, 1.82) is 0 Å². The second-order valence-corrected chi connectivity index (χ2v) is 11.5. The van der Waals surface area contributed by atoms with Crippen molar-refractivity contribution >= 4 is 46.4 Å². The summed E-state index contributed by atoms with van der Waals surface area (Å²) < 4.78 is 7.47. The minimum Gasteiger partial charge on any atom is -0.394 e. The van der Waals surface area contributed by atoms with Crippen molar-refractivity contribution in [3.05, 3.63) is 64.6 Å². The number of aromatic nitrogens is 3. The largest absolute Gasteiger partial charge is 0.394 e. The first-order valence-electron chi connectivity index (χ1n) is 13.8. The van der Waals surface area contributed by atoms with Crippen LogP contribution in [0.1, 0.15) is 25.7 Å². The number of rotatable bonds is 7. The van der Waals surface area contributed by atoms with Crippen LogP contribution in [0.25, 0.3) is 28.0 Å². The Hall–Kier alpha value is -3.37. The van der Waals surface area contributed by atoms with E-state index < -0.39 is 11.5 Å². The zero-order valence-corrected chi connectivity index (χ0v) is 24.3. The molecule has 1 atom stereocenters. The van der Waals surface area contributed by atoms with Crippen molar-refractivity contribution in [1.82, 2.24) is 14.6 Å². The van der Waals surface area contributed by atoms with Gasteiger partial charge in [-0.05, 0) is 36.6 Å². The van der Waals surface area contributed by atoms with Crippen LogP contribution in [0, 0.1) is 0 Å². The number of primary amides is 1. The molecule has 214 valence electrons. The van der Waals surface area contributed by atoms with Crippen molar-refractivity contribution < 1.29 is 14.6 Å². The number of carbonyl (C=O) groups is 1. The van der Waals surface area contributed by atoms with Gasteiger partial charge in [-0.2, -0.15) is 9.61 Å². The van der Waals surface area contributed by atoms with Crippen LogP contribution in [0.4, 0.5) is 11.6 Å². The molecule has 6 rings (SSSR count). The molecule has 41 heavy (non-hydrogen) atoms. The van der Waals surface area contributed by atoms with Gasteiger partial charge in [0.2, 0.25) is 5.91 Å². The number of hydrogen-bond acceptors (Lipinski definition) is 7. The van der Waals surface area contributed by atoms with Crippen LogP contribution < -0.4 is 15.5 Å². The number of aliphatic hydroxyl groups excluding tert-OH is 1. The Labute approximate surface area is 248 Å². The summed E-state index contributed by atoms with van der Waals surface area (Å²) in [6.45, 7) is 1.92. The molecule has 11 heteroatoms. The van der Waals surface area contributed by atoms with Crippen molar-refractivity contribution in [2.45, 2.75) is 37.3 Å². The Kier molecular flexibility index (Phi) is 7.54. The molecule has 2 aromatic heterocycles. The number of halogens is 2. The van der Waals surface area contributed by atoms with Crippen LogP contribution in [0.3, 0.4) is 0 Å². The normalized spacial score (nSPS) is 18.8. The van der Waals surface area contributed by atoms with Crippen LogP contribution in [0.15, 0.2) is 54.6 Å². The molecule has 2 aliphatic heterocycles. The Morgan fingerprint density at radius 3 is 2.51 bits per heavy atom. The molecular formula is C30H32Cl2N6O3. The van der Waals surface area contributed by atoms with E-state index in [1.54, 1.807) is 0 Å². The molecule has 2 aliphatic rings. The van der Waals surface area contributed by atoms with Gasteiger partial charge in [-0.3, -0.25) is 4.79 Å². The minimum absolute atomic E-state index is 0.0138. The van der Waals surface area contributed by atoms with E-state index in [4.69, 9.17) is 43.8 Å². The number of methoxy groups -OCH3 is 1. The number of benzene rings is 2. The topological polar surface area (TPSA) is 109 Å². The highest BCUT2D eigenvalue weighted by Crippen LogP contribution is 2.41. The van der Waals surface area contributed by atoms with Gasteiger partial charge in [-0.15, -0.1) is 0 Å². The number of fused-ring (bicyclic) bond motifs is 1. The lowest BCUT2D eigenvalue weighted by atomic mass is 9.90. The second kappa shape index (κ2) is 11.1. The number of anilines is 2. The SMILES string of the molecule is COC1(C(N)=O)CCN(c2cc(N3CCC[C@H]3CO)nc3c(-c4ccc(Cl)cc4)c(-c4ccccc4Cl)nn23)CC1. The first-order chi connectivity index (χ1) is 19.8. The molecule has 0 bridgehead atoms. The lowest BCUT2D eigenvalue weighted by Gasteiger charge is -2.39. The fourth-order valence-electron chi connectivity index (χ4n) is 6.06. The zero-order valence-electron chi connectivity index (χ0n) is 22.8. The molecule has 1 amide bonds. The molecule has 9 nitrogen and oxygen atoms in total. The van der Waals surface area contributed by atoms with Crippen molar-refractivity contribution in [3.8, 4) is 22.4 Å². The average molecular weight is 596 g/mol. The lowest BCUT2D eigenvalue weighted by molar-refractivity contribution is -0.142. The summed E-state index contributed by atoms with van der Waals surface area (Å²) in [4.78, 5) is 21.8. The summed E-state index contributed by atoms with van der Waals surface area (Å²) in [5, 5.41) is 16.5. The first-order valence-corrected chi connectivity index (χ1v) is 14.5. The third kappa shape index (κ3) is 4.91. The zero-order chi connectivity index (χ0) is 28.7. The highest BCUT2D eigenvalue weighted by molar-refractivity contribution is 6.33. The molecule has 4 heterocycles. The number of nitrogens with zero attached hydrogens (tertiary/aromatic N) is 5. The standard InChI is InChI=1S/C30H32Cl2N6O3/c1-41-30(29(33)40)12-15-36(16-13-30)25-17-24(37-14-4-5-21(37)18-39)34-28-26(19-8-10-20(31)11-9-19)27(35-38(25)28)22-6-2-3-7-23(22)32/h2-3,6-11,17,21,39H,4-5,12-16,18H2,1H3,(H2,33,40)/t21-/m0/s1. The van der Waals surface area contributed by atoms with E-state index in [0.29, 0.717) is 47.3 Å². The molecule has 4 aromatic rings. The van der Waals surface area contributed by atoms with Gasteiger partial charge >= 0.3 is 0 Å². The van der Waals surface area contributed by atoms with E-state index in [9.17, 15) is 9.90 Å². The lowest BCUT2D eigenvalue weighted by Crippen LogP contribution is -2.53. The van der Waals surface area contributed by atoms with E-state index >= 15 is 0 Å². The Morgan fingerprint density at radius 1 is 1.12 bits per heavy atom. The van der Waals surface area contributed by atoms with Crippen molar-refractivity contribution in [2.24, 2.45) is 5.73 Å². The summed E-state index contributed by atoms with van der Waals surface area (Å²) in [6, 6.07) is 17.3. The van der Waals surface area contributed by atoms with E-state index in [0.717, 1.165) is 47.7 Å². The maximum absolute atomic E-state index is 12.3. The van der Waals surface area contributed by atoms with Gasteiger partial charge in [-0.25, -0.2) is 4.98 Å². The Balaban J connectivity index is 1.59. The average Bonchev–Trinajstić information content (AvgIpc) is 3.62. The predicted molar refractivity (Wildman–Crippen MR) is 162 cm³/mol. The molecule has 2 aromatic carbocycles. The molecule has 2 fully saturated rings. The fourth-order valence-corrected chi connectivity index (χ4v) is 6.41. The van der Waals surface area contributed by atoms with Gasteiger partial charge < -0.3 is 25.4 Å². The number of ether oxygens (including phenoxy) is 1. The number of nitrogens with two attached hydrogens (primary N) is 1. The minimum atomic E-state index is -0.996. The van der Waals surface area contributed by atoms with E-state index in [1.807, 2.05) is 59.1 Å². The quantitative estimate of drug-likeness (QED) is 0.316. The van der Waals surface area contributed by atoms with Crippen LogP contribution in [-0.4, -0.2) is 70.6 Å². The van der Waals surface area contributed by atoms with Crippen LogP contribution in [0.2, 0.25) is 10.0 Å². The van der Waals surface area contributed by atoms with Crippen LogP contribution in [0.5, 0.6) is 0 Å². The molecule has 0 radical (unpaired) electrons. The number of carbonyl (C=O) groups excluding carboxylic acids is 1. The second-order valence-electron chi connectivity index (χ2n) is 10.6. The molecule has 0 aliphatic carbocycles. The molecular weight excluding hydrogens is 563 g/mol. The monoisotopic (exact) mass is 594 g/mol. The van der Waals surface area contributed by atoms with Gasteiger partial charge in [0.15, 0.2) is 5.65 Å². The summed E-state index contributed by atoms with van der Waals surface area (Å²) >= 11 is 13.0. The molecule has 0 saturated carbocycles. The van der Waals surface area contributed by atoms with Gasteiger partial charge in [0.25, 0.3) is 0 Å². The molecule has 0 unspecified atom stereocenters. The summed E-state index contributed by atoms with van der Waals surface area (Å²) in [7, 11) is 1.54. The number of aliphatic hydroxyl groups is 1. The van der Waals surface area contributed by atoms with E-state index in [2.05, 4.69) is 9.80 Å². The summed E-state index contributed by atoms with van der Waals surface area (Å²) in [5.74, 6) is 1.15. The Bertz CT molecular complexity index is 1580. The van der Waals surface area contributed by atoms with Crippen LogP contribution >= 0.6 is 23.2 Å². The number of hydrogen-bond donors (Lipinski definition) is 2. The molecule has 0 spiro atoms. The highest BCUT2D eigenvalue weighted by atomic mass is 35.5. The predicted octanol–water partition coefficient (Wildman–Crippen LogP) is 4.80. The molecule has 2 saturated heterocycles. The molecule has 3 N–H and O–H groups in total. The van der Waals surface area contributed by atoms with Crippen molar-refractivity contribution in [3.63, 3.8) is 0 Å². The van der Waals surface area contributed by atoms with Gasteiger partial charge in [0.05, 0.1) is 23.2 Å². The first kappa shape index (κ1) is 27.8. The van der Waals surface area contributed by atoms with Crippen LogP contribution in [-0.2, 0) is 9.53 Å². The summed E-state index contributed by atoms with van der Waals surface area (Å²) in [5.41, 5.74) is 8.63. The third-order valence-electron chi connectivity index (χ3n) is 8.44. The van der Waals surface area contributed by atoms with Gasteiger partial charge in [0.1, 0.15) is 22.9 Å². The van der Waals surface area contributed by atoms with E-state index in [1.165, 1.54) is 7.11 Å². The smallest absolute Gasteiger partial charge is 0.249 e. The number of piperidine rings is 1. The maximum Gasteiger partial charge on any atom is 0.249 e. The highest BCUT2D eigenvalue weighted by Gasteiger charge is 2.41. The maximum atomic E-state index is 12.3. The van der Waals surface area contributed by atoms with Crippen molar-refractivity contribution in [2.75, 3.05) is 43.2 Å². The summed E-state index contributed by atoms with van der Waals surface area (Å²) in [6.07, 6.45) is 2.76. The van der Waals surface area contributed by atoms with E-state index in [-0.39, 0.29) is 12.6 Å². The van der Waals surface area contributed by atoms with Gasteiger partial charge in [0, 0.05) is 56.2 Å².